The molecule has 2 aromatic heterocycles. The van der Waals surface area contributed by atoms with E-state index in [0.717, 1.165) is 39.1 Å². The second-order valence-electron chi connectivity index (χ2n) is 6.80. The zero-order valence-electron chi connectivity index (χ0n) is 15.1. The van der Waals surface area contributed by atoms with Crippen molar-refractivity contribution in [1.82, 2.24) is 20.5 Å². The van der Waals surface area contributed by atoms with Crippen LogP contribution in [-0.2, 0) is 12.3 Å². The van der Waals surface area contributed by atoms with Crippen molar-refractivity contribution in [1.29, 1.82) is 0 Å². The van der Waals surface area contributed by atoms with E-state index >= 15 is 0 Å². The number of para-hydroxylation sites is 1. The fourth-order valence-electron chi connectivity index (χ4n) is 3.41. The third-order valence-corrected chi connectivity index (χ3v) is 4.87. The largest absolute Gasteiger partial charge is 0.346 e. The normalized spacial score (nSPS) is 19.8. The van der Waals surface area contributed by atoms with Crippen LogP contribution in [0, 0.1) is 0 Å². The molecule has 28 heavy (non-hydrogen) atoms. The highest BCUT2D eigenvalue weighted by Crippen LogP contribution is 2.29. The van der Waals surface area contributed by atoms with Gasteiger partial charge in [-0.3, -0.25) is 20.8 Å². The number of rotatable bonds is 3. The van der Waals surface area contributed by atoms with Crippen LogP contribution in [0.5, 0.6) is 0 Å². The number of anilines is 1. The topological polar surface area (TPSA) is 104 Å². The number of benzene rings is 2. The highest BCUT2D eigenvalue weighted by molar-refractivity contribution is 6.06. The maximum absolute atomic E-state index is 6.76. The molecule has 0 saturated heterocycles. The summed E-state index contributed by atoms with van der Waals surface area (Å²) >= 11 is 0. The molecule has 0 aliphatic carbocycles. The van der Waals surface area contributed by atoms with Crippen molar-refractivity contribution in [2.24, 2.45) is 10.7 Å². The van der Waals surface area contributed by atoms with Gasteiger partial charge < -0.3 is 10.6 Å². The molecule has 3 heterocycles. The molecule has 7 heteroatoms. The highest BCUT2D eigenvalue weighted by atomic mass is 15.3. The number of aromatic amines is 1. The number of hydrogen-bond acceptors (Lipinski definition) is 5. The summed E-state index contributed by atoms with van der Waals surface area (Å²) in [6, 6.07) is 17.9. The average Bonchev–Trinajstić information content (AvgIpc) is 3.21. The van der Waals surface area contributed by atoms with Crippen LogP contribution >= 0.6 is 0 Å². The Morgan fingerprint density at radius 1 is 1.00 bits per heavy atom. The van der Waals surface area contributed by atoms with E-state index in [1.807, 2.05) is 60.8 Å². The molecule has 4 aromatic rings. The van der Waals surface area contributed by atoms with E-state index in [2.05, 4.69) is 25.8 Å². The SMILES string of the molecule is NC1(c2ccc3cn[nH]c3c2)NC(=NCc2cccnc2)c2ccccc2N1. The molecule has 0 radical (unpaired) electrons. The number of fused-ring (bicyclic) bond motifs is 2. The number of nitrogens with zero attached hydrogens (tertiary/aromatic N) is 3. The van der Waals surface area contributed by atoms with Crippen LogP contribution in [0.15, 0.2) is 78.2 Å². The van der Waals surface area contributed by atoms with Crippen LogP contribution in [0.2, 0.25) is 0 Å². The zero-order chi connectivity index (χ0) is 19.0. The Balaban J connectivity index is 1.55. The first-order chi connectivity index (χ1) is 13.7. The van der Waals surface area contributed by atoms with Gasteiger partial charge in [-0.1, -0.05) is 30.3 Å². The van der Waals surface area contributed by atoms with E-state index in [9.17, 15) is 0 Å². The van der Waals surface area contributed by atoms with E-state index < -0.39 is 5.79 Å². The van der Waals surface area contributed by atoms with Crippen LogP contribution in [0.1, 0.15) is 16.7 Å². The minimum Gasteiger partial charge on any atom is -0.346 e. The van der Waals surface area contributed by atoms with Crippen molar-refractivity contribution in [2.75, 3.05) is 5.32 Å². The molecule has 0 spiro atoms. The maximum Gasteiger partial charge on any atom is 0.190 e. The van der Waals surface area contributed by atoms with Gasteiger partial charge in [0.25, 0.3) is 0 Å². The molecule has 5 rings (SSSR count). The van der Waals surface area contributed by atoms with Crippen molar-refractivity contribution >= 4 is 22.4 Å². The molecule has 1 atom stereocenters. The lowest BCUT2D eigenvalue weighted by molar-refractivity contribution is 0.466. The number of amidine groups is 1. The molecule has 7 nitrogen and oxygen atoms in total. The Labute approximate surface area is 161 Å². The molecular weight excluding hydrogens is 350 g/mol. The third kappa shape index (κ3) is 2.87. The Morgan fingerprint density at radius 3 is 2.82 bits per heavy atom. The minimum absolute atomic E-state index is 0.514. The lowest BCUT2D eigenvalue weighted by atomic mass is 10.0. The van der Waals surface area contributed by atoms with Gasteiger partial charge in [-0.15, -0.1) is 0 Å². The average molecular weight is 369 g/mol. The lowest BCUT2D eigenvalue weighted by Gasteiger charge is -2.39. The number of aliphatic imine (C=N–C) groups is 1. The number of nitrogens with one attached hydrogen (secondary N) is 3. The van der Waals surface area contributed by atoms with Gasteiger partial charge in [0.1, 0.15) is 5.84 Å². The Hall–Kier alpha value is -3.71. The van der Waals surface area contributed by atoms with E-state index in [1.165, 1.54) is 0 Å². The molecule has 5 N–H and O–H groups in total. The number of pyridine rings is 1. The monoisotopic (exact) mass is 369 g/mol. The Morgan fingerprint density at radius 2 is 1.93 bits per heavy atom. The van der Waals surface area contributed by atoms with Crippen molar-refractivity contribution in [3.63, 3.8) is 0 Å². The predicted molar refractivity (Wildman–Crippen MR) is 110 cm³/mol. The summed E-state index contributed by atoms with van der Waals surface area (Å²) in [6.07, 6.45) is 5.37. The van der Waals surface area contributed by atoms with Gasteiger partial charge in [-0.05, 0) is 29.8 Å². The summed E-state index contributed by atoms with van der Waals surface area (Å²) in [5.74, 6) is -0.257. The van der Waals surface area contributed by atoms with Crippen LogP contribution in [-0.4, -0.2) is 21.0 Å². The summed E-state index contributed by atoms with van der Waals surface area (Å²) in [6.45, 7) is 0.514. The molecule has 2 aromatic carbocycles. The van der Waals surface area contributed by atoms with Gasteiger partial charge in [0.15, 0.2) is 5.79 Å². The molecule has 1 unspecified atom stereocenters. The number of aromatic nitrogens is 3. The van der Waals surface area contributed by atoms with E-state index in [0.29, 0.717) is 6.54 Å². The van der Waals surface area contributed by atoms with Crippen LogP contribution in [0.25, 0.3) is 10.9 Å². The van der Waals surface area contributed by atoms with Gasteiger partial charge in [0, 0.05) is 34.6 Å². The molecule has 0 amide bonds. The van der Waals surface area contributed by atoms with Crippen molar-refractivity contribution < 1.29 is 0 Å². The van der Waals surface area contributed by atoms with Crippen LogP contribution in [0.3, 0.4) is 0 Å². The summed E-state index contributed by atoms with van der Waals surface area (Å²) < 4.78 is 0. The second kappa shape index (κ2) is 6.47. The quantitative estimate of drug-likeness (QED) is 0.444. The number of hydrogen-bond donors (Lipinski definition) is 4. The van der Waals surface area contributed by atoms with Crippen molar-refractivity contribution in [2.45, 2.75) is 12.3 Å². The maximum atomic E-state index is 6.76. The van der Waals surface area contributed by atoms with Gasteiger partial charge in [0.2, 0.25) is 0 Å². The lowest BCUT2D eigenvalue weighted by Crippen LogP contribution is -2.61. The van der Waals surface area contributed by atoms with Gasteiger partial charge in [-0.25, -0.2) is 0 Å². The first-order valence-electron chi connectivity index (χ1n) is 9.03. The first-order valence-corrected chi connectivity index (χ1v) is 9.03. The molecule has 0 bridgehead atoms. The van der Waals surface area contributed by atoms with Gasteiger partial charge in [-0.2, -0.15) is 5.10 Å². The number of H-pyrrole nitrogens is 1. The van der Waals surface area contributed by atoms with E-state index in [1.54, 1.807) is 12.4 Å². The summed E-state index contributed by atoms with van der Waals surface area (Å²) in [7, 11) is 0. The minimum atomic E-state index is -0.999. The molecule has 138 valence electrons. The van der Waals surface area contributed by atoms with Gasteiger partial charge in [0.05, 0.1) is 18.3 Å². The van der Waals surface area contributed by atoms with Crippen molar-refractivity contribution in [3.05, 3.63) is 89.9 Å². The third-order valence-electron chi connectivity index (χ3n) is 4.87. The van der Waals surface area contributed by atoms with E-state index in [4.69, 9.17) is 10.7 Å². The molecule has 1 aliphatic heterocycles. The van der Waals surface area contributed by atoms with Crippen LogP contribution < -0.4 is 16.4 Å². The summed E-state index contributed by atoms with van der Waals surface area (Å²) in [5.41, 5.74) is 11.5. The number of nitrogens with two attached hydrogens (primary N) is 1. The second-order valence-corrected chi connectivity index (χ2v) is 6.80. The molecule has 1 aliphatic rings. The molecule has 0 saturated carbocycles. The zero-order valence-corrected chi connectivity index (χ0v) is 15.1. The Kier molecular flexibility index (Phi) is 3.80. The predicted octanol–water partition coefficient (Wildman–Crippen LogP) is 2.69. The fraction of sp³-hybridized carbons (Fsp3) is 0.0952. The van der Waals surface area contributed by atoms with Crippen LogP contribution in [0.4, 0.5) is 5.69 Å². The highest BCUT2D eigenvalue weighted by Gasteiger charge is 2.34. The summed E-state index contributed by atoms with van der Waals surface area (Å²) in [4.78, 5) is 8.95. The Bertz CT molecular complexity index is 1170. The molecular formula is C21H19N7. The smallest absolute Gasteiger partial charge is 0.190 e. The fourth-order valence-corrected chi connectivity index (χ4v) is 3.41. The van der Waals surface area contributed by atoms with E-state index in [-0.39, 0.29) is 0 Å². The first kappa shape index (κ1) is 16.5. The summed E-state index contributed by atoms with van der Waals surface area (Å²) in [5, 5.41) is 14.9. The molecule has 0 fully saturated rings. The van der Waals surface area contributed by atoms with Crippen molar-refractivity contribution in [3.8, 4) is 0 Å². The van der Waals surface area contributed by atoms with Gasteiger partial charge >= 0.3 is 0 Å². The standard InChI is InChI=1S/C21H19N7/c22-21(16-8-7-15-13-25-28-19(15)10-16)26-18-6-2-1-5-17(18)20(27-21)24-12-14-4-3-9-23-11-14/h1-11,13,26H,12,22H2,(H,24,27)(H,25,28).